The molecule has 0 spiro atoms. The molecular weight excluding hydrogens is 546 g/mol. The van der Waals surface area contributed by atoms with Gasteiger partial charge in [-0.25, -0.2) is 4.79 Å². The van der Waals surface area contributed by atoms with E-state index in [2.05, 4.69) is 15.5 Å². The van der Waals surface area contributed by atoms with Crippen molar-refractivity contribution in [3.8, 4) is 5.75 Å². The Bertz CT molecular complexity index is 1140. The molecule has 3 heterocycles. The van der Waals surface area contributed by atoms with Crippen molar-refractivity contribution in [2.45, 2.75) is 90.0 Å². The van der Waals surface area contributed by atoms with E-state index in [1.165, 1.54) is 49.8 Å². The Morgan fingerprint density at radius 2 is 1.58 bits per heavy atom. The number of imide groups is 1. The molecule has 1 aromatic rings. The zero-order chi connectivity index (χ0) is 30.2. The number of carbonyl (C=O) groups excluding carboxylic acids is 4. The zero-order valence-electron chi connectivity index (χ0n) is 25.8. The lowest BCUT2D eigenvalue weighted by atomic mass is 9.85. The Hall–Kier alpha value is -3.14. The summed E-state index contributed by atoms with van der Waals surface area (Å²) in [5.41, 5.74) is 1.58. The van der Waals surface area contributed by atoms with E-state index in [0.29, 0.717) is 36.5 Å². The lowest BCUT2D eigenvalue weighted by Gasteiger charge is -2.35. The topological polar surface area (TPSA) is 111 Å². The number of anilines is 1. The van der Waals surface area contributed by atoms with Gasteiger partial charge in [0.15, 0.2) is 6.61 Å². The summed E-state index contributed by atoms with van der Waals surface area (Å²) >= 11 is 0. The number of piperidine rings is 2. The van der Waals surface area contributed by atoms with Gasteiger partial charge in [0.1, 0.15) is 5.75 Å². The monoisotopic (exact) mass is 595 g/mol. The van der Waals surface area contributed by atoms with Crippen molar-refractivity contribution in [2.75, 3.05) is 50.8 Å². The van der Waals surface area contributed by atoms with E-state index in [0.717, 1.165) is 63.3 Å². The fourth-order valence-corrected chi connectivity index (χ4v) is 7.10. The molecule has 0 aromatic heterocycles. The van der Waals surface area contributed by atoms with Crippen LogP contribution in [0.5, 0.6) is 5.75 Å². The van der Waals surface area contributed by atoms with Crippen LogP contribution in [0.4, 0.5) is 10.5 Å². The largest absolute Gasteiger partial charge is 0.484 e. The summed E-state index contributed by atoms with van der Waals surface area (Å²) in [6, 6.07) is 5.39. The van der Waals surface area contributed by atoms with Crippen molar-refractivity contribution >= 4 is 29.4 Å². The van der Waals surface area contributed by atoms with Crippen molar-refractivity contribution in [2.24, 2.45) is 11.8 Å². The zero-order valence-corrected chi connectivity index (χ0v) is 25.8. The van der Waals surface area contributed by atoms with Crippen LogP contribution >= 0.6 is 0 Å². The third-order valence-electron chi connectivity index (χ3n) is 9.88. The quantitative estimate of drug-likeness (QED) is 0.423. The molecule has 10 nitrogen and oxygen atoms in total. The maximum atomic E-state index is 12.9. The first kappa shape index (κ1) is 31.3. The molecule has 10 heteroatoms. The molecule has 1 aromatic carbocycles. The number of aryl methyl sites for hydroxylation is 1. The molecule has 1 aliphatic carbocycles. The molecule has 5 rings (SSSR count). The first-order chi connectivity index (χ1) is 20.8. The number of urea groups is 1. The highest BCUT2D eigenvalue weighted by molar-refractivity contribution is 6.06. The second-order valence-corrected chi connectivity index (χ2v) is 13.0. The van der Waals surface area contributed by atoms with Crippen LogP contribution in [0.3, 0.4) is 0 Å². The second kappa shape index (κ2) is 15.0. The van der Waals surface area contributed by atoms with E-state index in [9.17, 15) is 19.2 Å². The fraction of sp³-hybridized carbons (Fsp3) is 0.697. The third kappa shape index (κ3) is 8.94. The van der Waals surface area contributed by atoms with Gasteiger partial charge in [-0.3, -0.25) is 29.5 Å². The maximum absolute atomic E-state index is 12.9. The van der Waals surface area contributed by atoms with Gasteiger partial charge in [0.25, 0.3) is 5.91 Å². The van der Waals surface area contributed by atoms with Crippen LogP contribution in [0.1, 0.15) is 82.6 Å². The molecule has 0 radical (unpaired) electrons. The van der Waals surface area contributed by atoms with Crippen LogP contribution in [-0.2, 0) is 14.4 Å². The number of nitrogens with zero attached hydrogens (tertiary/aromatic N) is 3. The molecule has 5 amide bonds. The van der Waals surface area contributed by atoms with Crippen molar-refractivity contribution in [1.29, 1.82) is 0 Å². The number of hydrogen-bond acceptors (Lipinski definition) is 6. The highest BCUT2D eigenvalue weighted by Crippen LogP contribution is 2.30. The SMILES string of the molecule is Cc1ccc(OCC(=O)N2CCC(CCC3CCN(CC(=O)NC4CCCCC4)CC3)CC2)cc1N1CCC(=O)NC1=O. The van der Waals surface area contributed by atoms with Gasteiger partial charge in [-0.2, -0.15) is 0 Å². The van der Waals surface area contributed by atoms with Crippen LogP contribution in [0.2, 0.25) is 0 Å². The Morgan fingerprint density at radius 1 is 0.907 bits per heavy atom. The summed E-state index contributed by atoms with van der Waals surface area (Å²) in [6.45, 7) is 6.30. The molecule has 43 heavy (non-hydrogen) atoms. The first-order valence-corrected chi connectivity index (χ1v) is 16.5. The van der Waals surface area contributed by atoms with Crippen LogP contribution in [0.25, 0.3) is 0 Å². The van der Waals surface area contributed by atoms with E-state index in [4.69, 9.17) is 4.74 Å². The molecule has 236 valence electrons. The summed E-state index contributed by atoms with van der Waals surface area (Å²) in [5.74, 6) is 1.85. The van der Waals surface area contributed by atoms with Crippen molar-refractivity contribution in [1.82, 2.24) is 20.4 Å². The lowest BCUT2D eigenvalue weighted by molar-refractivity contribution is -0.134. The lowest BCUT2D eigenvalue weighted by Crippen LogP contribution is -2.49. The molecule has 2 N–H and O–H groups in total. The van der Waals surface area contributed by atoms with E-state index in [1.54, 1.807) is 6.07 Å². The summed E-state index contributed by atoms with van der Waals surface area (Å²) in [4.78, 5) is 54.9. The van der Waals surface area contributed by atoms with Crippen molar-refractivity contribution in [3.63, 3.8) is 0 Å². The molecule has 0 atom stereocenters. The number of benzene rings is 1. The third-order valence-corrected chi connectivity index (χ3v) is 9.88. The van der Waals surface area contributed by atoms with Crippen LogP contribution in [0, 0.1) is 18.8 Å². The van der Waals surface area contributed by atoms with Gasteiger partial charge in [0, 0.05) is 38.2 Å². The second-order valence-electron chi connectivity index (χ2n) is 13.0. The Kier molecular flexibility index (Phi) is 10.9. The molecule has 4 fully saturated rings. The number of hydrogen-bond donors (Lipinski definition) is 2. The Morgan fingerprint density at radius 3 is 2.26 bits per heavy atom. The van der Waals surface area contributed by atoms with Gasteiger partial charge in [0.2, 0.25) is 11.8 Å². The average Bonchev–Trinajstić information content (AvgIpc) is 3.01. The minimum absolute atomic E-state index is 0.0122. The van der Waals surface area contributed by atoms with Gasteiger partial charge in [-0.05, 0) is 82.0 Å². The Balaban J connectivity index is 0.965. The summed E-state index contributed by atoms with van der Waals surface area (Å²) in [7, 11) is 0. The predicted octanol–water partition coefficient (Wildman–Crippen LogP) is 4.00. The molecule has 1 saturated carbocycles. The predicted molar refractivity (Wildman–Crippen MR) is 165 cm³/mol. The summed E-state index contributed by atoms with van der Waals surface area (Å²) in [6.07, 6.45) is 13.2. The average molecular weight is 596 g/mol. The molecule has 4 aliphatic rings. The number of rotatable bonds is 10. The molecular formula is C33H49N5O5. The minimum Gasteiger partial charge on any atom is -0.484 e. The van der Waals surface area contributed by atoms with Gasteiger partial charge in [-0.15, -0.1) is 0 Å². The summed E-state index contributed by atoms with van der Waals surface area (Å²) in [5, 5.41) is 5.60. The van der Waals surface area contributed by atoms with E-state index in [1.807, 2.05) is 24.0 Å². The molecule has 3 aliphatic heterocycles. The minimum atomic E-state index is -0.435. The number of nitrogens with one attached hydrogen (secondary N) is 2. The maximum Gasteiger partial charge on any atom is 0.328 e. The van der Waals surface area contributed by atoms with Crippen molar-refractivity contribution < 1.29 is 23.9 Å². The fourth-order valence-electron chi connectivity index (χ4n) is 7.10. The van der Waals surface area contributed by atoms with Gasteiger partial charge >= 0.3 is 6.03 Å². The van der Waals surface area contributed by atoms with Gasteiger partial charge < -0.3 is 15.0 Å². The van der Waals surface area contributed by atoms with Gasteiger partial charge in [-0.1, -0.05) is 38.2 Å². The van der Waals surface area contributed by atoms with Gasteiger partial charge in [0.05, 0.1) is 12.2 Å². The highest BCUT2D eigenvalue weighted by atomic mass is 16.5. The van der Waals surface area contributed by atoms with E-state index in [-0.39, 0.29) is 30.7 Å². The van der Waals surface area contributed by atoms with Crippen LogP contribution in [0.15, 0.2) is 18.2 Å². The first-order valence-electron chi connectivity index (χ1n) is 16.5. The number of carbonyl (C=O) groups is 4. The number of ether oxygens (including phenoxy) is 1. The van der Waals surface area contributed by atoms with E-state index < -0.39 is 6.03 Å². The normalized spacial score (nSPS) is 21.5. The van der Waals surface area contributed by atoms with Crippen LogP contribution < -0.4 is 20.3 Å². The molecule has 0 unspecified atom stereocenters. The van der Waals surface area contributed by atoms with Crippen molar-refractivity contribution in [3.05, 3.63) is 23.8 Å². The summed E-state index contributed by atoms with van der Waals surface area (Å²) < 4.78 is 5.84. The van der Waals surface area contributed by atoms with E-state index >= 15 is 0 Å². The Labute approximate surface area is 255 Å². The highest BCUT2D eigenvalue weighted by Gasteiger charge is 2.28. The smallest absolute Gasteiger partial charge is 0.328 e. The molecule has 3 saturated heterocycles. The molecule has 0 bridgehead atoms. The standard InChI is InChI=1S/C33H49N5O5/c1-24-7-10-28(21-29(24)38-20-15-30(39)35-33(38)42)43-23-32(41)37-18-13-26(14-19-37)9-8-25-11-16-36(17-12-25)22-31(40)34-27-5-3-2-4-6-27/h7,10,21,25-27H,2-6,8-9,11-20,22-23H2,1H3,(H,34,40)(H,35,39,42). The number of likely N-dealkylation sites (tertiary alicyclic amines) is 2. The van der Waals surface area contributed by atoms with Crippen LogP contribution in [-0.4, -0.2) is 85.5 Å². The number of amides is 5.